The Bertz CT molecular complexity index is 254. The van der Waals surface area contributed by atoms with Crippen LogP contribution < -0.4 is 0 Å². The Balaban J connectivity index is 2.71. The van der Waals surface area contributed by atoms with Crippen LogP contribution in [0.2, 0.25) is 19.6 Å². The van der Waals surface area contributed by atoms with E-state index in [4.69, 9.17) is 0 Å². The molecule has 0 fully saturated rings. The fourth-order valence-corrected chi connectivity index (χ4v) is 1.43. The molecule has 1 aromatic carbocycles. The van der Waals surface area contributed by atoms with Crippen molar-refractivity contribution in [3.63, 3.8) is 0 Å². The highest BCUT2D eigenvalue weighted by atomic mass is 28.3. The number of hydrogen-bond donors (Lipinski definition) is 0. The van der Waals surface area contributed by atoms with Crippen LogP contribution in [-0.2, 0) is 0 Å². The fraction of sp³-hybridized carbons (Fsp3) is 0.273. The molecule has 1 heteroatoms. The molecular formula is C11H15Si. The molecule has 0 aliphatic carbocycles. The summed E-state index contributed by atoms with van der Waals surface area (Å²) in [5.74, 6) is 0. The van der Waals surface area contributed by atoms with Gasteiger partial charge in [0.05, 0.1) is 8.07 Å². The molecule has 0 aliphatic rings. The van der Waals surface area contributed by atoms with Crippen LogP contribution in [0.3, 0.4) is 0 Å². The molecule has 0 spiro atoms. The normalized spacial score (nSPS) is 12.2. The molecular weight excluding hydrogens is 160 g/mol. The van der Waals surface area contributed by atoms with Crippen LogP contribution in [0.5, 0.6) is 0 Å². The van der Waals surface area contributed by atoms with E-state index in [1.54, 1.807) is 0 Å². The van der Waals surface area contributed by atoms with E-state index in [9.17, 15) is 0 Å². The van der Waals surface area contributed by atoms with Gasteiger partial charge in [0, 0.05) is 0 Å². The molecule has 0 amide bonds. The van der Waals surface area contributed by atoms with E-state index in [0.29, 0.717) is 0 Å². The summed E-state index contributed by atoms with van der Waals surface area (Å²) in [6, 6.07) is 10.3. The third kappa shape index (κ3) is 3.53. The lowest BCUT2D eigenvalue weighted by molar-refractivity contribution is 1.57. The SMILES string of the molecule is C[Si](C)(C)C=[C]c1ccccc1. The predicted molar refractivity (Wildman–Crippen MR) is 56.7 cm³/mol. The second kappa shape index (κ2) is 3.72. The summed E-state index contributed by atoms with van der Waals surface area (Å²) in [4.78, 5) is 0. The minimum absolute atomic E-state index is 1.08. The van der Waals surface area contributed by atoms with Gasteiger partial charge in [0.1, 0.15) is 0 Å². The Hall–Kier alpha value is -0.823. The van der Waals surface area contributed by atoms with Crippen LogP contribution in [0.25, 0.3) is 0 Å². The molecule has 1 radical (unpaired) electrons. The lowest BCUT2D eigenvalue weighted by atomic mass is 10.2. The van der Waals surface area contributed by atoms with Crippen molar-refractivity contribution in [1.29, 1.82) is 0 Å². The number of rotatable bonds is 2. The van der Waals surface area contributed by atoms with Crippen LogP contribution in [-0.4, -0.2) is 8.07 Å². The molecule has 0 atom stereocenters. The summed E-state index contributed by atoms with van der Waals surface area (Å²) in [7, 11) is -1.08. The van der Waals surface area contributed by atoms with Gasteiger partial charge in [-0.1, -0.05) is 55.7 Å². The first kappa shape index (κ1) is 9.27. The molecule has 0 N–H and O–H groups in total. The van der Waals surface area contributed by atoms with Gasteiger partial charge < -0.3 is 0 Å². The Morgan fingerprint density at radius 1 is 1.08 bits per heavy atom. The topological polar surface area (TPSA) is 0 Å². The zero-order valence-electron chi connectivity index (χ0n) is 7.96. The lowest BCUT2D eigenvalue weighted by Gasteiger charge is -2.07. The smallest absolute Gasteiger partial charge is 0.0695 e. The summed E-state index contributed by atoms with van der Waals surface area (Å²) >= 11 is 0. The molecule has 0 saturated heterocycles. The van der Waals surface area contributed by atoms with Gasteiger partial charge in [-0.05, 0) is 11.6 Å². The van der Waals surface area contributed by atoms with Crippen molar-refractivity contribution in [3.8, 4) is 0 Å². The van der Waals surface area contributed by atoms with Gasteiger partial charge >= 0.3 is 0 Å². The first-order valence-electron chi connectivity index (χ1n) is 4.24. The molecule has 1 aromatic rings. The third-order valence-electron chi connectivity index (χ3n) is 1.45. The summed E-state index contributed by atoms with van der Waals surface area (Å²) in [6.45, 7) is 6.93. The van der Waals surface area contributed by atoms with Crippen molar-refractivity contribution in [2.45, 2.75) is 19.6 Å². The van der Waals surface area contributed by atoms with Crippen molar-refractivity contribution >= 4 is 8.07 Å². The molecule has 0 aromatic heterocycles. The molecule has 0 aliphatic heterocycles. The maximum Gasteiger partial charge on any atom is 0.0695 e. The highest BCUT2D eigenvalue weighted by Crippen LogP contribution is 2.05. The fourth-order valence-electron chi connectivity index (χ4n) is 0.834. The first-order chi connectivity index (χ1) is 5.58. The van der Waals surface area contributed by atoms with Crippen molar-refractivity contribution in [3.05, 3.63) is 47.7 Å². The van der Waals surface area contributed by atoms with Crippen LogP contribution >= 0.6 is 0 Å². The standard InChI is InChI=1S/C11H15Si/c1-12(2,3)10-9-11-7-5-4-6-8-11/h4-8,10H,1-3H3. The second-order valence-corrected chi connectivity index (χ2v) is 9.04. The lowest BCUT2D eigenvalue weighted by Crippen LogP contribution is -2.15. The quantitative estimate of drug-likeness (QED) is 0.605. The van der Waals surface area contributed by atoms with E-state index >= 15 is 0 Å². The third-order valence-corrected chi connectivity index (χ3v) is 2.46. The Labute approximate surface area is 75.9 Å². The number of benzene rings is 1. The van der Waals surface area contributed by atoms with Crippen LogP contribution in [0.1, 0.15) is 5.56 Å². The van der Waals surface area contributed by atoms with Gasteiger partial charge in [0.25, 0.3) is 0 Å². The van der Waals surface area contributed by atoms with E-state index < -0.39 is 8.07 Å². The zero-order chi connectivity index (χ0) is 9.03. The van der Waals surface area contributed by atoms with Crippen LogP contribution in [0, 0.1) is 6.08 Å². The van der Waals surface area contributed by atoms with Gasteiger partial charge in [-0.2, -0.15) is 0 Å². The summed E-state index contributed by atoms with van der Waals surface area (Å²) < 4.78 is 0. The van der Waals surface area contributed by atoms with Crippen molar-refractivity contribution < 1.29 is 0 Å². The van der Waals surface area contributed by atoms with E-state index in [2.05, 4.69) is 43.5 Å². The molecule has 0 saturated carbocycles. The average Bonchev–Trinajstić information content (AvgIpc) is 2.02. The molecule has 0 bridgehead atoms. The van der Waals surface area contributed by atoms with Crippen LogP contribution in [0.15, 0.2) is 36.0 Å². The Morgan fingerprint density at radius 3 is 2.17 bits per heavy atom. The number of hydrogen-bond acceptors (Lipinski definition) is 0. The van der Waals surface area contributed by atoms with E-state index in [-0.39, 0.29) is 0 Å². The van der Waals surface area contributed by atoms with E-state index in [1.165, 1.54) is 5.56 Å². The van der Waals surface area contributed by atoms with Gasteiger partial charge in [-0.25, -0.2) is 0 Å². The summed E-state index contributed by atoms with van der Waals surface area (Å²) in [5.41, 5.74) is 3.42. The average molecular weight is 175 g/mol. The highest BCUT2D eigenvalue weighted by Gasteiger charge is 2.06. The monoisotopic (exact) mass is 175 g/mol. The molecule has 1 rings (SSSR count). The molecule has 0 unspecified atom stereocenters. The Kier molecular flexibility index (Phi) is 2.87. The van der Waals surface area contributed by atoms with Crippen molar-refractivity contribution in [1.82, 2.24) is 0 Å². The first-order valence-corrected chi connectivity index (χ1v) is 7.82. The summed E-state index contributed by atoms with van der Waals surface area (Å²) in [6.07, 6.45) is 3.32. The largest absolute Gasteiger partial charge is 0.0867 e. The molecule has 0 nitrogen and oxygen atoms in total. The molecule has 0 heterocycles. The van der Waals surface area contributed by atoms with Gasteiger partial charge in [0.2, 0.25) is 0 Å². The molecule has 63 valence electrons. The van der Waals surface area contributed by atoms with Crippen molar-refractivity contribution in [2.75, 3.05) is 0 Å². The maximum atomic E-state index is 3.32. The Morgan fingerprint density at radius 2 is 1.67 bits per heavy atom. The minimum Gasteiger partial charge on any atom is -0.0867 e. The van der Waals surface area contributed by atoms with Crippen molar-refractivity contribution in [2.24, 2.45) is 0 Å². The second-order valence-electron chi connectivity index (χ2n) is 4.02. The van der Waals surface area contributed by atoms with Gasteiger partial charge in [0.15, 0.2) is 0 Å². The zero-order valence-corrected chi connectivity index (χ0v) is 8.96. The summed E-state index contributed by atoms with van der Waals surface area (Å²) in [5, 5.41) is 0. The van der Waals surface area contributed by atoms with Crippen LogP contribution in [0.4, 0.5) is 0 Å². The van der Waals surface area contributed by atoms with Gasteiger partial charge in [-0.3, -0.25) is 0 Å². The van der Waals surface area contributed by atoms with E-state index in [0.717, 1.165) is 0 Å². The maximum absolute atomic E-state index is 3.32. The van der Waals surface area contributed by atoms with E-state index in [1.807, 2.05) is 18.2 Å². The minimum atomic E-state index is -1.08. The molecule has 12 heavy (non-hydrogen) atoms. The van der Waals surface area contributed by atoms with Gasteiger partial charge in [-0.15, -0.1) is 0 Å². The highest BCUT2D eigenvalue weighted by molar-refractivity contribution is 6.80. The predicted octanol–water partition coefficient (Wildman–Crippen LogP) is 3.27.